The van der Waals surface area contributed by atoms with E-state index in [0.29, 0.717) is 40.4 Å². The van der Waals surface area contributed by atoms with Gasteiger partial charge in [0.1, 0.15) is 31.3 Å². The number of benzene rings is 2. The number of pyridine rings is 1. The highest BCUT2D eigenvalue weighted by Gasteiger charge is 2.26. The minimum Gasteiger partial charge on any atom is -0.460 e. The average Bonchev–Trinajstić information content (AvgIpc) is 3.77. The molecule has 0 unspecified atom stereocenters. The first-order valence-electron chi connectivity index (χ1n) is 14.3. The van der Waals surface area contributed by atoms with Crippen LogP contribution in [0, 0.1) is 5.82 Å². The van der Waals surface area contributed by atoms with E-state index in [4.69, 9.17) is 15.2 Å². The van der Waals surface area contributed by atoms with Crippen LogP contribution in [0.1, 0.15) is 47.7 Å². The molecule has 45 heavy (non-hydrogen) atoms. The maximum Gasteiger partial charge on any atom is 0.313 e. The molecule has 12 nitrogen and oxygen atoms in total. The number of Topliss-reactive ketones (excluding diaryl/α,β-unsaturated/α-hetero) is 1. The molecule has 0 radical (unpaired) electrons. The zero-order valence-corrected chi connectivity index (χ0v) is 24.7. The van der Waals surface area contributed by atoms with Gasteiger partial charge in [0.25, 0.3) is 5.56 Å². The number of hydrogen-bond acceptors (Lipinski definition) is 10. The molecule has 0 atom stereocenters. The number of rotatable bonds is 11. The second-order valence-electron chi connectivity index (χ2n) is 11.0. The Morgan fingerprint density at radius 3 is 2.69 bits per heavy atom. The summed E-state index contributed by atoms with van der Waals surface area (Å²) in [4.78, 5) is 51.6. The lowest BCUT2D eigenvalue weighted by Crippen LogP contribution is -2.21. The van der Waals surface area contributed by atoms with Crippen LogP contribution in [-0.2, 0) is 39.1 Å². The van der Waals surface area contributed by atoms with Crippen molar-refractivity contribution in [1.82, 2.24) is 29.3 Å². The van der Waals surface area contributed by atoms with Gasteiger partial charge in [0.2, 0.25) is 5.95 Å². The van der Waals surface area contributed by atoms with Crippen LogP contribution in [0.5, 0.6) is 0 Å². The number of halogens is 1. The summed E-state index contributed by atoms with van der Waals surface area (Å²) >= 11 is 0. The molecule has 0 aliphatic heterocycles. The Bertz CT molecular complexity index is 2000. The summed E-state index contributed by atoms with van der Waals surface area (Å²) in [5.74, 6) is -0.994. The summed E-state index contributed by atoms with van der Waals surface area (Å²) in [5.41, 5.74) is 8.30. The predicted octanol–water partition coefficient (Wildman–Crippen LogP) is 3.41. The van der Waals surface area contributed by atoms with Crippen LogP contribution in [0.3, 0.4) is 0 Å². The molecule has 5 aromatic rings. The van der Waals surface area contributed by atoms with Crippen molar-refractivity contribution in [1.29, 1.82) is 0 Å². The van der Waals surface area contributed by atoms with Crippen LogP contribution < -0.4 is 11.3 Å². The Kier molecular flexibility index (Phi) is 8.18. The topological polar surface area (TPSA) is 157 Å². The lowest BCUT2D eigenvalue weighted by atomic mass is 10.0. The summed E-state index contributed by atoms with van der Waals surface area (Å²) in [6.45, 7) is -0.580. The van der Waals surface area contributed by atoms with Gasteiger partial charge in [0.15, 0.2) is 11.6 Å². The third-order valence-electron chi connectivity index (χ3n) is 7.52. The number of carbonyl (C=O) groups is 2. The first-order chi connectivity index (χ1) is 21.7. The van der Waals surface area contributed by atoms with Gasteiger partial charge in [-0.25, -0.2) is 9.37 Å². The minimum absolute atomic E-state index is 0.0335. The Hall–Kier alpha value is -5.30. The maximum absolute atomic E-state index is 15.4. The molecule has 2 aromatic carbocycles. The average molecular weight is 612 g/mol. The predicted molar refractivity (Wildman–Crippen MR) is 162 cm³/mol. The Morgan fingerprint density at radius 1 is 1.13 bits per heavy atom. The van der Waals surface area contributed by atoms with Gasteiger partial charge in [-0.05, 0) is 53.5 Å². The third kappa shape index (κ3) is 6.48. The molecule has 3 aromatic heterocycles. The van der Waals surface area contributed by atoms with Gasteiger partial charge >= 0.3 is 5.97 Å². The molecule has 1 aliphatic carbocycles. The van der Waals surface area contributed by atoms with Crippen LogP contribution >= 0.6 is 0 Å². The molecule has 0 bridgehead atoms. The molecule has 1 aliphatic rings. The fourth-order valence-electron chi connectivity index (χ4n) is 5.31. The summed E-state index contributed by atoms with van der Waals surface area (Å²) in [5, 5.41) is 4.63. The van der Waals surface area contributed by atoms with Crippen LogP contribution in [0.25, 0.3) is 27.8 Å². The maximum atomic E-state index is 15.4. The summed E-state index contributed by atoms with van der Waals surface area (Å²) in [6.07, 6.45) is 6.90. The van der Waals surface area contributed by atoms with Crippen molar-refractivity contribution in [2.75, 3.05) is 19.5 Å². The van der Waals surface area contributed by atoms with E-state index in [1.54, 1.807) is 48.4 Å². The number of hydrogen-bond donors (Lipinski definition) is 1. The second kappa shape index (κ2) is 12.4. The van der Waals surface area contributed by atoms with E-state index in [2.05, 4.69) is 20.1 Å². The summed E-state index contributed by atoms with van der Waals surface area (Å²) in [7, 11) is 3.15. The Balaban J connectivity index is 1.45. The van der Waals surface area contributed by atoms with Crippen molar-refractivity contribution in [3.63, 3.8) is 0 Å². The quantitative estimate of drug-likeness (QED) is 0.173. The van der Waals surface area contributed by atoms with Crippen LogP contribution in [0.4, 0.5) is 10.3 Å². The molecule has 1 fully saturated rings. The number of aromatic nitrogens is 6. The highest BCUT2D eigenvalue weighted by Crippen LogP contribution is 2.41. The van der Waals surface area contributed by atoms with Gasteiger partial charge in [-0.1, -0.05) is 18.2 Å². The largest absolute Gasteiger partial charge is 0.460 e. The van der Waals surface area contributed by atoms with Gasteiger partial charge in [-0.3, -0.25) is 23.6 Å². The number of nitrogens with two attached hydrogens (primary N) is 1. The van der Waals surface area contributed by atoms with E-state index >= 15 is 4.39 Å². The fourth-order valence-corrected chi connectivity index (χ4v) is 5.31. The molecular weight excluding hydrogens is 581 g/mol. The van der Waals surface area contributed by atoms with E-state index in [1.807, 2.05) is 12.3 Å². The number of ketones is 1. The van der Waals surface area contributed by atoms with E-state index in [9.17, 15) is 14.4 Å². The second-order valence-corrected chi connectivity index (χ2v) is 11.0. The number of nitrogen functional groups attached to an aromatic ring is 1. The van der Waals surface area contributed by atoms with Gasteiger partial charge in [-0.15, -0.1) is 0 Å². The molecule has 0 saturated heterocycles. The smallest absolute Gasteiger partial charge is 0.313 e. The molecule has 0 spiro atoms. The van der Waals surface area contributed by atoms with Crippen molar-refractivity contribution in [2.24, 2.45) is 7.05 Å². The van der Waals surface area contributed by atoms with Gasteiger partial charge in [-0.2, -0.15) is 15.1 Å². The molecule has 230 valence electrons. The summed E-state index contributed by atoms with van der Waals surface area (Å²) < 4.78 is 28.6. The zero-order chi connectivity index (χ0) is 31.7. The van der Waals surface area contributed by atoms with Gasteiger partial charge in [0.05, 0.1) is 17.3 Å². The monoisotopic (exact) mass is 611 g/mol. The number of anilines is 1. The molecule has 3 heterocycles. The molecular formula is C32H30FN7O5. The first kappa shape index (κ1) is 29.8. The normalized spacial score (nSPS) is 12.9. The van der Waals surface area contributed by atoms with Crippen molar-refractivity contribution in [2.45, 2.75) is 38.2 Å². The number of aryl methyl sites for hydroxylation is 1. The fraction of sp³-hybridized carbons (Fsp3) is 0.281. The molecule has 6 rings (SSSR count). The molecule has 2 N–H and O–H groups in total. The number of fused-ring (bicyclic) bond motifs is 1. The summed E-state index contributed by atoms with van der Waals surface area (Å²) in [6, 6.07) is 9.99. The van der Waals surface area contributed by atoms with Crippen molar-refractivity contribution in [3.05, 3.63) is 93.7 Å². The van der Waals surface area contributed by atoms with Crippen LogP contribution in [0.15, 0.2) is 59.8 Å². The minimum atomic E-state index is -0.783. The Labute approximate surface area is 256 Å². The van der Waals surface area contributed by atoms with E-state index < -0.39 is 29.5 Å². The van der Waals surface area contributed by atoms with Gasteiger partial charge in [0, 0.05) is 44.1 Å². The third-order valence-corrected chi connectivity index (χ3v) is 7.52. The molecule has 1 saturated carbocycles. The molecule has 13 heteroatoms. The van der Waals surface area contributed by atoms with E-state index in [0.717, 1.165) is 24.0 Å². The van der Waals surface area contributed by atoms with Gasteiger partial charge < -0.3 is 15.2 Å². The van der Waals surface area contributed by atoms with Crippen molar-refractivity contribution < 1.29 is 23.5 Å². The lowest BCUT2D eigenvalue weighted by Gasteiger charge is -2.17. The Morgan fingerprint density at radius 2 is 1.96 bits per heavy atom. The van der Waals surface area contributed by atoms with E-state index in [-0.39, 0.29) is 30.4 Å². The number of methoxy groups -OCH3 is 1. The van der Waals surface area contributed by atoms with Crippen LogP contribution in [0.2, 0.25) is 0 Å². The highest BCUT2D eigenvalue weighted by atomic mass is 19.1. The molecule has 0 amide bonds. The standard InChI is InChI=1S/C32H30FN7O5/c1-39-15-18(14-35-39)10-27-36-30(38-32(34)37-27)23-4-3-5-26(24(23)17-45-28(42)13-22(41)16-44-2)40-9-8-20-11-21(19-6-7-19)12-25(33)29(20)31(40)43/h3-5,8-9,11-12,14-15,19H,6-7,10,13,16-17H2,1-2H3,(H2,34,36,37,38). The lowest BCUT2D eigenvalue weighted by molar-refractivity contribution is -0.147. The SMILES string of the molecule is COCC(=O)CC(=O)OCc1c(-c2nc(N)nc(Cc3cnn(C)c3)n2)cccc1-n1ccc2cc(C3CC3)cc(F)c2c1=O. The zero-order valence-electron chi connectivity index (χ0n) is 24.7. The van der Waals surface area contributed by atoms with Crippen molar-refractivity contribution >= 4 is 28.5 Å². The van der Waals surface area contributed by atoms with Crippen LogP contribution in [-0.4, -0.2) is 54.8 Å². The number of ether oxygens (including phenoxy) is 2. The van der Waals surface area contributed by atoms with Crippen molar-refractivity contribution in [3.8, 4) is 17.1 Å². The highest BCUT2D eigenvalue weighted by molar-refractivity contribution is 5.96. The number of nitrogens with zero attached hydrogens (tertiary/aromatic N) is 6. The first-order valence-corrected chi connectivity index (χ1v) is 14.3. The number of esters is 1. The number of carbonyl (C=O) groups excluding carboxylic acids is 2. The van der Waals surface area contributed by atoms with E-state index in [1.165, 1.54) is 17.7 Å².